The number of benzene rings is 4. The van der Waals surface area contributed by atoms with Gasteiger partial charge in [0.1, 0.15) is 12.6 Å². The number of urea groups is 1. The monoisotopic (exact) mass is 549 g/mol. The van der Waals surface area contributed by atoms with E-state index in [2.05, 4.69) is 25.9 Å². The van der Waals surface area contributed by atoms with Gasteiger partial charge >= 0.3 is 18.1 Å². The number of fused-ring (bicyclic) bond motifs is 1. The maximum Gasteiger partial charge on any atom is 0.408 e. The highest BCUT2D eigenvalue weighted by Gasteiger charge is 2.21. The summed E-state index contributed by atoms with van der Waals surface area (Å²) in [4.78, 5) is 43.9. The van der Waals surface area contributed by atoms with Crippen molar-refractivity contribution in [1.29, 1.82) is 0 Å². The lowest BCUT2D eigenvalue weighted by atomic mass is 10.0. The number of imidazole rings is 1. The number of aliphatic carboxylic acids is 1. The molecular formula is C31H27N5O5. The van der Waals surface area contributed by atoms with E-state index in [0.717, 1.165) is 33.3 Å². The van der Waals surface area contributed by atoms with Crippen LogP contribution in [0.3, 0.4) is 0 Å². The first-order valence-electron chi connectivity index (χ1n) is 12.8. The summed E-state index contributed by atoms with van der Waals surface area (Å²) in [5.74, 6) is -0.820. The van der Waals surface area contributed by atoms with Crippen LogP contribution in [0.4, 0.5) is 21.2 Å². The number of carboxylic acids is 1. The van der Waals surface area contributed by atoms with Crippen LogP contribution in [-0.4, -0.2) is 39.2 Å². The molecule has 0 saturated carbocycles. The average Bonchev–Trinajstić information content (AvgIpc) is 3.39. The lowest BCUT2D eigenvalue weighted by Gasteiger charge is -2.15. The second-order valence-electron chi connectivity index (χ2n) is 9.26. The van der Waals surface area contributed by atoms with Gasteiger partial charge in [0.05, 0.1) is 11.0 Å². The normalized spacial score (nSPS) is 11.4. The average molecular weight is 550 g/mol. The number of hydrogen-bond donors (Lipinski definition) is 5. The number of para-hydroxylation sites is 2. The SMILES string of the molecule is O=C(Nc1cccc(-c2ccc(CC(NC(=O)OCc3ccccc3)C(=O)O)cc2)c1)Nc1nc2ccccc2[nH]1. The Labute approximate surface area is 235 Å². The number of nitrogens with one attached hydrogen (secondary N) is 4. The summed E-state index contributed by atoms with van der Waals surface area (Å²) in [7, 11) is 0. The second-order valence-corrected chi connectivity index (χ2v) is 9.26. The number of nitrogens with zero attached hydrogens (tertiary/aromatic N) is 1. The zero-order valence-corrected chi connectivity index (χ0v) is 21.8. The molecule has 0 aliphatic carbocycles. The van der Waals surface area contributed by atoms with E-state index in [1.807, 2.05) is 84.9 Å². The van der Waals surface area contributed by atoms with Gasteiger partial charge in [0.2, 0.25) is 5.95 Å². The van der Waals surface area contributed by atoms with Gasteiger partial charge in [0.25, 0.3) is 0 Å². The quantitative estimate of drug-likeness (QED) is 0.157. The molecule has 41 heavy (non-hydrogen) atoms. The third-order valence-electron chi connectivity index (χ3n) is 6.27. The number of carboxylic acid groups (broad SMARTS) is 1. The zero-order valence-electron chi connectivity index (χ0n) is 21.8. The van der Waals surface area contributed by atoms with Crippen LogP contribution in [0, 0.1) is 0 Å². The zero-order chi connectivity index (χ0) is 28.6. The molecular weight excluding hydrogens is 522 g/mol. The number of ether oxygens (including phenoxy) is 1. The van der Waals surface area contributed by atoms with Gasteiger partial charge in [-0.3, -0.25) is 5.32 Å². The largest absolute Gasteiger partial charge is 0.480 e. The van der Waals surface area contributed by atoms with Crippen LogP contribution in [0.15, 0.2) is 103 Å². The van der Waals surface area contributed by atoms with Crippen LogP contribution in [0.2, 0.25) is 0 Å². The lowest BCUT2D eigenvalue weighted by molar-refractivity contribution is -0.139. The molecule has 5 N–H and O–H groups in total. The Balaban J connectivity index is 1.17. The highest BCUT2D eigenvalue weighted by atomic mass is 16.5. The smallest absolute Gasteiger partial charge is 0.408 e. The van der Waals surface area contributed by atoms with Crippen molar-refractivity contribution in [3.63, 3.8) is 0 Å². The maximum absolute atomic E-state index is 12.5. The minimum Gasteiger partial charge on any atom is -0.480 e. The third kappa shape index (κ3) is 7.27. The van der Waals surface area contributed by atoms with Crippen LogP contribution < -0.4 is 16.0 Å². The number of aromatic amines is 1. The molecule has 0 fully saturated rings. The van der Waals surface area contributed by atoms with Gasteiger partial charge < -0.3 is 25.5 Å². The fourth-order valence-electron chi connectivity index (χ4n) is 4.23. The minimum atomic E-state index is -1.16. The van der Waals surface area contributed by atoms with Crippen LogP contribution in [0.5, 0.6) is 0 Å². The maximum atomic E-state index is 12.5. The number of hydrogen-bond acceptors (Lipinski definition) is 5. The van der Waals surface area contributed by atoms with Gasteiger partial charge in [0.15, 0.2) is 0 Å². The molecule has 206 valence electrons. The van der Waals surface area contributed by atoms with E-state index >= 15 is 0 Å². The van der Waals surface area contributed by atoms with Crippen molar-refractivity contribution in [2.75, 3.05) is 10.6 Å². The Morgan fingerprint density at radius 1 is 0.805 bits per heavy atom. The van der Waals surface area contributed by atoms with Crippen molar-refractivity contribution in [2.24, 2.45) is 0 Å². The van der Waals surface area contributed by atoms with Crippen LogP contribution in [-0.2, 0) is 22.6 Å². The molecule has 1 aromatic heterocycles. The highest BCUT2D eigenvalue weighted by Crippen LogP contribution is 2.24. The predicted molar refractivity (Wildman–Crippen MR) is 156 cm³/mol. The summed E-state index contributed by atoms with van der Waals surface area (Å²) in [6.45, 7) is 0.0448. The first kappa shape index (κ1) is 26.9. The molecule has 1 atom stereocenters. The minimum absolute atomic E-state index is 0.0448. The fourth-order valence-corrected chi connectivity index (χ4v) is 4.23. The molecule has 0 radical (unpaired) electrons. The first-order chi connectivity index (χ1) is 19.9. The Kier molecular flexibility index (Phi) is 8.20. The molecule has 0 spiro atoms. The number of carbonyl (C=O) groups excluding carboxylic acids is 2. The summed E-state index contributed by atoms with van der Waals surface area (Å²) in [5, 5.41) is 17.5. The number of rotatable bonds is 9. The van der Waals surface area contributed by atoms with Crippen molar-refractivity contribution in [3.8, 4) is 11.1 Å². The number of alkyl carbamates (subject to hydrolysis) is 1. The Morgan fingerprint density at radius 3 is 2.32 bits per heavy atom. The molecule has 1 heterocycles. The van der Waals surface area contributed by atoms with Gasteiger partial charge in [-0.05, 0) is 46.5 Å². The molecule has 0 aliphatic heterocycles. The summed E-state index contributed by atoms with van der Waals surface area (Å²) < 4.78 is 5.16. The first-order valence-corrected chi connectivity index (χ1v) is 12.8. The van der Waals surface area contributed by atoms with Crippen molar-refractivity contribution in [2.45, 2.75) is 19.1 Å². The van der Waals surface area contributed by atoms with Gasteiger partial charge in [-0.25, -0.2) is 19.4 Å². The third-order valence-corrected chi connectivity index (χ3v) is 6.27. The lowest BCUT2D eigenvalue weighted by Crippen LogP contribution is -2.42. The Bertz CT molecular complexity index is 1630. The van der Waals surface area contributed by atoms with E-state index in [0.29, 0.717) is 11.6 Å². The van der Waals surface area contributed by atoms with Gasteiger partial charge in [-0.2, -0.15) is 0 Å². The molecule has 0 aliphatic rings. The van der Waals surface area contributed by atoms with Gasteiger partial charge in [0, 0.05) is 12.1 Å². The molecule has 1 unspecified atom stereocenters. The van der Waals surface area contributed by atoms with E-state index in [1.54, 1.807) is 18.2 Å². The van der Waals surface area contributed by atoms with Crippen molar-refractivity contribution < 1.29 is 24.2 Å². The predicted octanol–water partition coefficient (Wildman–Crippen LogP) is 5.80. The van der Waals surface area contributed by atoms with Crippen LogP contribution >= 0.6 is 0 Å². The molecule has 5 rings (SSSR count). The highest BCUT2D eigenvalue weighted by molar-refractivity contribution is 5.99. The molecule has 0 bridgehead atoms. The van der Waals surface area contributed by atoms with E-state index in [9.17, 15) is 19.5 Å². The Hall–Kier alpha value is -5.64. The van der Waals surface area contributed by atoms with Gasteiger partial charge in [-0.1, -0.05) is 78.9 Å². The summed E-state index contributed by atoms with van der Waals surface area (Å²) >= 11 is 0. The van der Waals surface area contributed by atoms with Crippen LogP contribution in [0.25, 0.3) is 22.2 Å². The summed E-state index contributed by atoms with van der Waals surface area (Å²) in [6, 6.07) is 29.7. The Morgan fingerprint density at radius 2 is 1.56 bits per heavy atom. The topological polar surface area (TPSA) is 145 Å². The molecule has 5 aromatic rings. The number of carbonyl (C=O) groups is 3. The molecule has 3 amide bonds. The van der Waals surface area contributed by atoms with Crippen molar-refractivity contribution in [1.82, 2.24) is 15.3 Å². The summed E-state index contributed by atoms with van der Waals surface area (Å²) in [6.07, 6.45) is -0.717. The fraction of sp³-hybridized carbons (Fsp3) is 0.0968. The van der Waals surface area contributed by atoms with E-state index in [-0.39, 0.29) is 13.0 Å². The molecule has 10 heteroatoms. The van der Waals surface area contributed by atoms with E-state index < -0.39 is 24.1 Å². The second kappa shape index (κ2) is 12.5. The molecule has 10 nitrogen and oxygen atoms in total. The van der Waals surface area contributed by atoms with Gasteiger partial charge in [-0.15, -0.1) is 0 Å². The number of H-pyrrole nitrogens is 1. The standard InChI is InChI=1S/C31H27N5O5/c37-28(38)27(35-31(40)41-19-21-7-2-1-3-8-21)17-20-13-15-22(16-14-20)23-9-6-10-24(18-23)32-30(39)36-29-33-25-11-4-5-12-26(25)34-29/h1-16,18,27H,17,19H2,(H,35,40)(H,37,38)(H3,32,33,34,36,39). The van der Waals surface area contributed by atoms with Crippen LogP contribution in [0.1, 0.15) is 11.1 Å². The van der Waals surface area contributed by atoms with Crippen molar-refractivity contribution >= 4 is 40.8 Å². The summed E-state index contributed by atoms with van der Waals surface area (Å²) in [5.41, 5.74) is 5.42. The molecule has 0 saturated heterocycles. The number of amides is 3. The number of aromatic nitrogens is 2. The number of anilines is 2. The van der Waals surface area contributed by atoms with Crippen molar-refractivity contribution in [3.05, 3.63) is 114 Å². The van der Waals surface area contributed by atoms with E-state index in [1.165, 1.54) is 0 Å². The van der Waals surface area contributed by atoms with E-state index in [4.69, 9.17) is 4.74 Å². The molecule has 4 aromatic carbocycles.